The third kappa shape index (κ3) is 4.92. The van der Waals surface area contributed by atoms with Crippen molar-refractivity contribution in [2.24, 2.45) is 5.92 Å². The first-order valence-electron chi connectivity index (χ1n) is 6.55. The fourth-order valence-corrected chi connectivity index (χ4v) is 1.76. The zero-order chi connectivity index (χ0) is 13.5. The first-order valence-corrected chi connectivity index (χ1v) is 6.55. The second-order valence-corrected chi connectivity index (χ2v) is 5.26. The minimum atomic E-state index is 0.171. The predicted octanol–water partition coefficient (Wildman–Crippen LogP) is 1.71. The highest BCUT2D eigenvalue weighted by molar-refractivity contribution is 5.75. The van der Waals surface area contributed by atoms with Crippen LogP contribution in [-0.2, 0) is 17.9 Å². The number of hydrogen-bond acceptors (Lipinski definition) is 2. The second-order valence-electron chi connectivity index (χ2n) is 5.26. The van der Waals surface area contributed by atoms with Gasteiger partial charge in [-0.25, -0.2) is 0 Å². The van der Waals surface area contributed by atoms with Crippen LogP contribution >= 0.6 is 0 Å². The van der Waals surface area contributed by atoms with E-state index in [2.05, 4.69) is 29.8 Å². The summed E-state index contributed by atoms with van der Waals surface area (Å²) in [6.07, 6.45) is 2.59. The molecular weight excluding hydrogens is 226 g/mol. The lowest BCUT2D eigenvalue weighted by atomic mass is 10.2. The van der Waals surface area contributed by atoms with Crippen molar-refractivity contribution in [2.75, 3.05) is 20.6 Å². The van der Waals surface area contributed by atoms with Gasteiger partial charge < -0.3 is 14.8 Å². The summed E-state index contributed by atoms with van der Waals surface area (Å²) >= 11 is 0. The van der Waals surface area contributed by atoms with Crippen molar-refractivity contribution in [1.82, 2.24) is 14.8 Å². The van der Waals surface area contributed by atoms with Crippen LogP contribution in [0.2, 0.25) is 0 Å². The van der Waals surface area contributed by atoms with Gasteiger partial charge in [0.15, 0.2) is 0 Å². The Morgan fingerprint density at radius 3 is 2.78 bits per heavy atom. The molecule has 1 amide bonds. The number of rotatable bonds is 7. The molecule has 0 aromatic carbocycles. The average molecular weight is 251 g/mol. The number of nitrogens with one attached hydrogen (secondary N) is 1. The Hall–Kier alpha value is -1.29. The number of nitrogens with zero attached hydrogens (tertiary/aromatic N) is 2. The molecule has 1 aromatic heterocycles. The van der Waals surface area contributed by atoms with Crippen LogP contribution in [0.4, 0.5) is 0 Å². The molecule has 1 heterocycles. The van der Waals surface area contributed by atoms with Crippen LogP contribution in [0, 0.1) is 5.92 Å². The minimum Gasteiger partial charge on any atom is -0.350 e. The van der Waals surface area contributed by atoms with Crippen molar-refractivity contribution < 1.29 is 4.79 Å². The van der Waals surface area contributed by atoms with E-state index in [4.69, 9.17) is 0 Å². The van der Waals surface area contributed by atoms with Crippen molar-refractivity contribution in [2.45, 2.75) is 33.4 Å². The van der Waals surface area contributed by atoms with E-state index in [9.17, 15) is 4.79 Å². The molecule has 0 aliphatic carbocycles. The summed E-state index contributed by atoms with van der Waals surface area (Å²) < 4.78 is 2.15. The highest BCUT2D eigenvalue weighted by Crippen LogP contribution is 2.04. The molecule has 0 saturated heterocycles. The summed E-state index contributed by atoms with van der Waals surface area (Å²) in [5.41, 5.74) is 1.24. The number of carbonyl (C=O) groups excluding carboxylic acids is 1. The molecule has 1 rings (SSSR count). The molecule has 1 aromatic rings. The van der Waals surface area contributed by atoms with Crippen LogP contribution in [-0.4, -0.2) is 36.0 Å². The quantitative estimate of drug-likeness (QED) is 0.801. The molecule has 0 aliphatic heterocycles. The van der Waals surface area contributed by atoms with Crippen LogP contribution in [0.15, 0.2) is 18.3 Å². The standard InChI is InChI=1S/C14H25N3O/c1-12(2)10-15-11-13-6-5-8-17(13)9-7-14(18)16(3)4/h5-6,8,12,15H,7,9-11H2,1-4H3. The summed E-state index contributed by atoms with van der Waals surface area (Å²) in [4.78, 5) is 13.2. The molecule has 0 radical (unpaired) electrons. The van der Waals surface area contributed by atoms with Gasteiger partial charge in [-0.15, -0.1) is 0 Å². The van der Waals surface area contributed by atoms with Crippen molar-refractivity contribution in [1.29, 1.82) is 0 Å². The van der Waals surface area contributed by atoms with E-state index < -0.39 is 0 Å². The average Bonchev–Trinajstić information content (AvgIpc) is 2.73. The maximum Gasteiger partial charge on any atom is 0.223 e. The molecule has 0 aliphatic rings. The molecule has 1 N–H and O–H groups in total. The molecule has 0 bridgehead atoms. The SMILES string of the molecule is CC(C)CNCc1cccn1CCC(=O)N(C)C. The first kappa shape index (κ1) is 14.8. The molecule has 0 unspecified atom stereocenters. The zero-order valence-corrected chi connectivity index (χ0v) is 11.9. The van der Waals surface area contributed by atoms with Crippen molar-refractivity contribution in [3.8, 4) is 0 Å². The minimum absolute atomic E-state index is 0.171. The molecule has 4 nitrogen and oxygen atoms in total. The normalized spacial score (nSPS) is 10.9. The molecular formula is C14H25N3O. The van der Waals surface area contributed by atoms with Crippen molar-refractivity contribution >= 4 is 5.91 Å². The number of aromatic nitrogens is 1. The van der Waals surface area contributed by atoms with Gasteiger partial charge in [0.05, 0.1) is 0 Å². The van der Waals surface area contributed by atoms with Crippen molar-refractivity contribution in [3.63, 3.8) is 0 Å². The van der Waals surface area contributed by atoms with Gasteiger partial charge in [-0.1, -0.05) is 13.8 Å². The Morgan fingerprint density at radius 2 is 2.17 bits per heavy atom. The molecule has 18 heavy (non-hydrogen) atoms. The summed E-state index contributed by atoms with van der Waals surface area (Å²) in [6, 6.07) is 4.14. The van der Waals surface area contributed by atoms with Gasteiger partial charge in [0.1, 0.15) is 0 Å². The molecule has 0 atom stereocenters. The Labute approximate surface area is 110 Å². The summed E-state index contributed by atoms with van der Waals surface area (Å²) in [6.45, 7) is 7.02. The van der Waals surface area contributed by atoms with Gasteiger partial charge in [0.25, 0.3) is 0 Å². The fraction of sp³-hybridized carbons (Fsp3) is 0.643. The zero-order valence-electron chi connectivity index (χ0n) is 11.9. The lowest BCUT2D eigenvalue weighted by molar-refractivity contribution is -0.128. The first-order chi connectivity index (χ1) is 8.50. The Balaban J connectivity index is 2.42. The topological polar surface area (TPSA) is 37.3 Å². The molecule has 102 valence electrons. The van der Waals surface area contributed by atoms with Gasteiger partial charge in [0, 0.05) is 45.5 Å². The maximum atomic E-state index is 11.5. The molecule has 0 spiro atoms. The predicted molar refractivity (Wildman–Crippen MR) is 74.3 cm³/mol. The number of amides is 1. The number of carbonyl (C=O) groups is 1. The van der Waals surface area contributed by atoms with E-state index in [1.54, 1.807) is 19.0 Å². The monoisotopic (exact) mass is 251 g/mol. The Kier molecular flexibility index (Phi) is 5.92. The van der Waals surface area contributed by atoms with Gasteiger partial charge in [-0.05, 0) is 24.6 Å². The van der Waals surface area contributed by atoms with E-state index in [-0.39, 0.29) is 5.91 Å². The van der Waals surface area contributed by atoms with Gasteiger partial charge in [-0.3, -0.25) is 4.79 Å². The number of hydrogen-bond donors (Lipinski definition) is 1. The number of aryl methyl sites for hydroxylation is 1. The van der Waals surface area contributed by atoms with E-state index in [1.807, 2.05) is 12.3 Å². The Bertz CT molecular complexity index is 369. The highest BCUT2D eigenvalue weighted by Gasteiger charge is 2.06. The Morgan fingerprint density at radius 1 is 1.44 bits per heavy atom. The highest BCUT2D eigenvalue weighted by atomic mass is 16.2. The largest absolute Gasteiger partial charge is 0.350 e. The third-order valence-electron chi connectivity index (χ3n) is 2.85. The fourth-order valence-electron chi connectivity index (χ4n) is 1.76. The molecule has 4 heteroatoms. The lowest BCUT2D eigenvalue weighted by Gasteiger charge is -2.13. The van der Waals surface area contributed by atoms with Crippen LogP contribution in [0.25, 0.3) is 0 Å². The van der Waals surface area contributed by atoms with Gasteiger partial charge in [0.2, 0.25) is 5.91 Å². The summed E-state index contributed by atoms with van der Waals surface area (Å²) in [7, 11) is 3.59. The molecule has 0 fully saturated rings. The van der Waals surface area contributed by atoms with E-state index >= 15 is 0 Å². The smallest absolute Gasteiger partial charge is 0.223 e. The third-order valence-corrected chi connectivity index (χ3v) is 2.85. The molecule has 0 saturated carbocycles. The van der Waals surface area contributed by atoms with Crippen LogP contribution in [0.5, 0.6) is 0 Å². The van der Waals surface area contributed by atoms with Gasteiger partial charge in [-0.2, -0.15) is 0 Å². The summed E-state index contributed by atoms with van der Waals surface area (Å²) in [5, 5.41) is 3.42. The van der Waals surface area contributed by atoms with Crippen LogP contribution in [0.3, 0.4) is 0 Å². The maximum absolute atomic E-state index is 11.5. The van der Waals surface area contributed by atoms with E-state index in [0.717, 1.165) is 19.6 Å². The van der Waals surface area contributed by atoms with Gasteiger partial charge >= 0.3 is 0 Å². The second kappa shape index (κ2) is 7.21. The van der Waals surface area contributed by atoms with Crippen LogP contribution < -0.4 is 5.32 Å². The summed E-state index contributed by atoms with van der Waals surface area (Å²) in [5.74, 6) is 0.827. The lowest BCUT2D eigenvalue weighted by Crippen LogP contribution is -2.24. The van der Waals surface area contributed by atoms with E-state index in [1.165, 1.54) is 5.69 Å². The van der Waals surface area contributed by atoms with Crippen molar-refractivity contribution in [3.05, 3.63) is 24.0 Å². The van der Waals surface area contributed by atoms with E-state index in [0.29, 0.717) is 12.3 Å². The van der Waals surface area contributed by atoms with Crippen LogP contribution in [0.1, 0.15) is 26.0 Å².